The third-order valence-electron chi connectivity index (χ3n) is 3.33. The van der Waals surface area contributed by atoms with E-state index in [2.05, 4.69) is 0 Å². The van der Waals surface area contributed by atoms with Gasteiger partial charge in [-0.1, -0.05) is 25.5 Å². The molecular weight excluding hydrogens is 332 g/mol. The van der Waals surface area contributed by atoms with Crippen molar-refractivity contribution in [3.63, 3.8) is 0 Å². The van der Waals surface area contributed by atoms with Crippen LogP contribution in [0.1, 0.15) is 72.8 Å². The van der Waals surface area contributed by atoms with Crippen molar-refractivity contribution in [3.05, 3.63) is 29.8 Å². The maximum absolute atomic E-state index is 12.5. The molecule has 1 atom stereocenters. The molecule has 1 aromatic carbocycles. The van der Waals surface area contributed by atoms with E-state index in [0.717, 1.165) is 12.0 Å². The van der Waals surface area contributed by atoms with Crippen molar-refractivity contribution in [2.75, 3.05) is 6.61 Å². The number of carbonyl (C=O) groups is 2. The molecule has 0 heterocycles. The lowest BCUT2D eigenvalue weighted by Crippen LogP contribution is -2.28. The minimum absolute atomic E-state index is 0.152. The van der Waals surface area contributed by atoms with E-state index in [1.807, 2.05) is 60.6 Å². The van der Waals surface area contributed by atoms with E-state index < -0.39 is 17.2 Å². The van der Waals surface area contributed by atoms with Gasteiger partial charge in [-0.05, 0) is 65.7 Å². The number of hydrogen-bond acceptors (Lipinski definition) is 5. The summed E-state index contributed by atoms with van der Waals surface area (Å²) >= 11 is 0. The molecule has 1 rings (SSSR count). The zero-order valence-electron chi connectivity index (χ0n) is 17.0. The van der Waals surface area contributed by atoms with Crippen LogP contribution in [0.25, 0.3) is 0 Å². The molecule has 26 heavy (non-hydrogen) atoms. The van der Waals surface area contributed by atoms with Gasteiger partial charge in [0, 0.05) is 0 Å². The fourth-order valence-corrected chi connectivity index (χ4v) is 2.39. The fraction of sp³-hybridized carbons (Fsp3) is 0.619. The molecule has 0 radical (unpaired) electrons. The molecule has 0 fully saturated rings. The summed E-state index contributed by atoms with van der Waals surface area (Å²) in [4.78, 5) is 24.2. The molecule has 0 aliphatic carbocycles. The van der Waals surface area contributed by atoms with Crippen molar-refractivity contribution in [3.8, 4) is 5.75 Å². The van der Waals surface area contributed by atoms with Gasteiger partial charge in [-0.25, -0.2) is 4.79 Å². The zero-order chi connectivity index (χ0) is 20.0. The summed E-state index contributed by atoms with van der Waals surface area (Å²) in [5.41, 5.74) is -0.171. The molecular formula is C21H32O5. The molecule has 0 spiro atoms. The van der Waals surface area contributed by atoms with Crippen LogP contribution >= 0.6 is 0 Å². The quantitative estimate of drug-likeness (QED) is 0.660. The third-order valence-corrected chi connectivity index (χ3v) is 3.33. The van der Waals surface area contributed by atoms with Crippen molar-refractivity contribution < 1.29 is 23.8 Å². The van der Waals surface area contributed by atoms with Gasteiger partial charge in [-0.3, -0.25) is 4.79 Å². The SMILES string of the molecule is CCCC(C(=O)OC(C)(C)C)c1ccc(OCC(=O)OC(C)(C)C)cc1. The van der Waals surface area contributed by atoms with E-state index in [0.29, 0.717) is 12.2 Å². The Bertz CT molecular complexity index is 590. The van der Waals surface area contributed by atoms with Crippen LogP contribution in [-0.2, 0) is 19.1 Å². The van der Waals surface area contributed by atoms with Gasteiger partial charge < -0.3 is 14.2 Å². The predicted molar refractivity (Wildman–Crippen MR) is 101 cm³/mol. The second-order valence-electron chi connectivity index (χ2n) is 8.32. The maximum Gasteiger partial charge on any atom is 0.344 e. The Labute approximate surface area is 157 Å². The van der Waals surface area contributed by atoms with Gasteiger partial charge >= 0.3 is 11.9 Å². The smallest absolute Gasteiger partial charge is 0.344 e. The van der Waals surface area contributed by atoms with Gasteiger partial charge in [0.05, 0.1) is 5.92 Å². The van der Waals surface area contributed by atoms with Gasteiger partial charge in [0.15, 0.2) is 6.61 Å². The normalized spacial score (nSPS) is 13.0. The monoisotopic (exact) mass is 364 g/mol. The second kappa shape index (κ2) is 9.06. The van der Waals surface area contributed by atoms with Crippen molar-refractivity contribution in [2.45, 2.75) is 78.4 Å². The Kier molecular flexibility index (Phi) is 7.67. The minimum Gasteiger partial charge on any atom is -0.482 e. The first-order valence-corrected chi connectivity index (χ1v) is 9.09. The molecule has 0 N–H and O–H groups in total. The topological polar surface area (TPSA) is 61.8 Å². The fourth-order valence-electron chi connectivity index (χ4n) is 2.39. The van der Waals surface area contributed by atoms with E-state index in [1.54, 1.807) is 12.1 Å². The highest BCUT2D eigenvalue weighted by molar-refractivity contribution is 5.78. The van der Waals surface area contributed by atoms with Crippen LogP contribution in [0, 0.1) is 0 Å². The summed E-state index contributed by atoms with van der Waals surface area (Å²) in [6.07, 6.45) is 1.59. The van der Waals surface area contributed by atoms with Crippen LogP contribution in [0.4, 0.5) is 0 Å². The van der Waals surface area contributed by atoms with E-state index in [-0.39, 0.29) is 18.5 Å². The number of benzene rings is 1. The van der Waals surface area contributed by atoms with Gasteiger partial charge in [0.2, 0.25) is 0 Å². The summed E-state index contributed by atoms with van der Waals surface area (Å²) in [5, 5.41) is 0. The summed E-state index contributed by atoms with van der Waals surface area (Å²) in [5.74, 6) is -0.390. The molecule has 5 heteroatoms. The Hall–Kier alpha value is -2.04. The number of ether oxygens (including phenoxy) is 3. The third kappa shape index (κ3) is 8.37. The second-order valence-corrected chi connectivity index (χ2v) is 8.32. The average Bonchev–Trinajstić information content (AvgIpc) is 2.48. The Morgan fingerprint density at radius 1 is 0.923 bits per heavy atom. The number of rotatable bonds is 7. The lowest BCUT2D eigenvalue weighted by atomic mass is 9.94. The van der Waals surface area contributed by atoms with Gasteiger partial charge in [-0.2, -0.15) is 0 Å². The summed E-state index contributed by atoms with van der Waals surface area (Å²) in [7, 11) is 0. The first-order valence-electron chi connectivity index (χ1n) is 9.09. The number of hydrogen-bond donors (Lipinski definition) is 0. The van der Waals surface area contributed by atoms with Crippen molar-refractivity contribution in [2.24, 2.45) is 0 Å². The summed E-state index contributed by atoms with van der Waals surface area (Å²) in [6.45, 7) is 12.9. The lowest BCUT2D eigenvalue weighted by molar-refractivity contribution is -0.158. The van der Waals surface area contributed by atoms with Crippen molar-refractivity contribution in [1.82, 2.24) is 0 Å². The van der Waals surface area contributed by atoms with Crippen LogP contribution in [-0.4, -0.2) is 29.7 Å². The Morgan fingerprint density at radius 2 is 1.46 bits per heavy atom. The lowest BCUT2D eigenvalue weighted by Gasteiger charge is -2.24. The molecule has 146 valence electrons. The highest BCUT2D eigenvalue weighted by Crippen LogP contribution is 2.27. The summed E-state index contributed by atoms with van der Waals surface area (Å²) in [6, 6.07) is 7.20. The zero-order valence-corrected chi connectivity index (χ0v) is 17.0. The van der Waals surface area contributed by atoms with Crippen molar-refractivity contribution in [1.29, 1.82) is 0 Å². The predicted octanol–water partition coefficient (Wildman–Crippen LogP) is 4.63. The van der Waals surface area contributed by atoms with Gasteiger partial charge in [0.1, 0.15) is 17.0 Å². The molecule has 0 aromatic heterocycles. The number of carbonyl (C=O) groups excluding carboxylic acids is 2. The largest absolute Gasteiger partial charge is 0.482 e. The Balaban J connectivity index is 2.73. The molecule has 0 amide bonds. The van der Waals surface area contributed by atoms with E-state index in [9.17, 15) is 9.59 Å². The molecule has 1 unspecified atom stereocenters. The van der Waals surface area contributed by atoms with E-state index in [1.165, 1.54) is 0 Å². The maximum atomic E-state index is 12.5. The molecule has 0 bridgehead atoms. The van der Waals surface area contributed by atoms with Crippen LogP contribution in [0.15, 0.2) is 24.3 Å². The van der Waals surface area contributed by atoms with Crippen LogP contribution < -0.4 is 4.74 Å². The van der Waals surface area contributed by atoms with E-state index in [4.69, 9.17) is 14.2 Å². The van der Waals surface area contributed by atoms with Crippen LogP contribution in [0.3, 0.4) is 0 Å². The molecule has 0 aliphatic rings. The first kappa shape index (κ1) is 22.0. The molecule has 1 aromatic rings. The van der Waals surface area contributed by atoms with Crippen LogP contribution in [0.5, 0.6) is 5.75 Å². The minimum atomic E-state index is -0.537. The van der Waals surface area contributed by atoms with Gasteiger partial charge in [-0.15, -0.1) is 0 Å². The molecule has 0 saturated carbocycles. The molecule has 0 aliphatic heterocycles. The molecule has 5 nitrogen and oxygen atoms in total. The van der Waals surface area contributed by atoms with Gasteiger partial charge in [0.25, 0.3) is 0 Å². The number of esters is 2. The standard InChI is InChI=1S/C21H32O5/c1-8-9-17(19(23)26-21(5,6)7)15-10-12-16(13-11-15)24-14-18(22)25-20(2,3)4/h10-13,17H,8-9,14H2,1-7H3. The first-order chi connectivity index (χ1) is 11.9. The summed E-state index contributed by atoms with van der Waals surface area (Å²) < 4.78 is 16.2. The van der Waals surface area contributed by atoms with Crippen LogP contribution in [0.2, 0.25) is 0 Å². The highest BCUT2D eigenvalue weighted by Gasteiger charge is 2.26. The average molecular weight is 364 g/mol. The molecule has 0 saturated heterocycles. The van der Waals surface area contributed by atoms with E-state index >= 15 is 0 Å². The highest BCUT2D eigenvalue weighted by atomic mass is 16.6. The van der Waals surface area contributed by atoms with Crippen molar-refractivity contribution >= 4 is 11.9 Å². The Morgan fingerprint density at radius 3 is 1.92 bits per heavy atom.